The molecule has 11 heteroatoms. The molecule has 1 saturated carbocycles. The molecule has 1 unspecified atom stereocenters. The number of aromatic nitrogens is 3. The zero-order valence-corrected chi connectivity index (χ0v) is 27.5. The van der Waals surface area contributed by atoms with E-state index in [9.17, 15) is 19.2 Å². The fraction of sp³-hybridized carbons (Fsp3) is 0.382. The highest BCUT2D eigenvalue weighted by Crippen LogP contribution is 2.35. The van der Waals surface area contributed by atoms with E-state index in [4.69, 9.17) is 9.84 Å². The third-order valence-electron chi connectivity index (χ3n) is 8.74. The van der Waals surface area contributed by atoms with Crippen LogP contribution in [-0.2, 0) is 28.9 Å². The Bertz CT molecular complexity index is 1870. The van der Waals surface area contributed by atoms with Crippen molar-refractivity contribution in [2.24, 2.45) is 5.92 Å². The summed E-state index contributed by atoms with van der Waals surface area (Å²) in [6, 6.07) is 12.3. The Labute approximate surface area is 269 Å². The lowest BCUT2D eigenvalue weighted by atomic mass is 9.98. The Hall–Kier alpha value is -4.25. The van der Waals surface area contributed by atoms with Crippen LogP contribution < -0.4 is 5.56 Å². The molecular formula is C34H36BrN5O5. The van der Waals surface area contributed by atoms with Crippen molar-refractivity contribution in [3.63, 3.8) is 0 Å². The first-order chi connectivity index (χ1) is 21.6. The van der Waals surface area contributed by atoms with Crippen LogP contribution in [0.1, 0.15) is 76.2 Å². The number of rotatable bonds is 8. The predicted molar refractivity (Wildman–Crippen MR) is 172 cm³/mol. The summed E-state index contributed by atoms with van der Waals surface area (Å²) < 4.78 is 9.58. The van der Waals surface area contributed by atoms with Gasteiger partial charge in [-0.1, -0.05) is 22.9 Å². The van der Waals surface area contributed by atoms with E-state index >= 15 is 0 Å². The second-order valence-corrected chi connectivity index (χ2v) is 13.0. The van der Waals surface area contributed by atoms with Crippen LogP contribution in [0.25, 0.3) is 11.3 Å². The summed E-state index contributed by atoms with van der Waals surface area (Å²) in [6.45, 7) is 5.75. The van der Waals surface area contributed by atoms with Gasteiger partial charge in [0.1, 0.15) is 5.65 Å². The quantitative estimate of drug-likeness (QED) is 0.191. The number of halogens is 1. The summed E-state index contributed by atoms with van der Waals surface area (Å²) in [5.41, 5.74) is 5.50. The second-order valence-electron chi connectivity index (χ2n) is 12.1. The molecule has 2 amide bonds. The van der Waals surface area contributed by atoms with E-state index in [-0.39, 0.29) is 49.1 Å². The molecular weight excluding hydrogens is 638 g/mol. The van der Waals surface area contributed by atoms with Crippen molar-refractivity contribution in [2.45, 2.75) is 65.5 Å². The van der Waals surface area contributed by atoms with Crippen molar-refractivity contribution >= 4 is 39.4 Å². The number of benzene rings is 2. The molecule has 0 spiro atoms. The van der Waals surface area contributed by atoms with Crippen molar-refractivity contribution < 1.29 is 19.1 Å². The minimum atomic E-state index is -0.381. The molecule has 2 aromatic heterocycles. The van der Waals surface area contributed by atoms with Crippen LogP contribution in [-0.4, -0.2) is 61.6 Å². The lowest BCUT2D eigenvalue weighted by Crippen LogP contribution is -2.46. The van der Waals surface area contributed by atoms with Gasteiger partial charge >= 0.3 is 5.97 Å². The lowest BCUT2D eigenvalue weighted by molar-refractivity contribution is -0.146. The lowest BCUT2D eigenvalue weighted by Gasteiger charge is -2.35. The Morgan fingerprint density at radius 2 is 1.80 bits per heavy atom. The van der Waals surface area contributed by atoms with Crippen molar-refractivity contribution in [3.05, 3.63) is 97.0 Å². The monoisotopic (exact) mass is 673 g/mol. The second kappa shape index (κ2) is 12.3. The molecule has 1 atom stereocenters. The van der Waals surface area contributed by atoms with Crippen molar-refractivity contribution in [1.29, 1.82) is 0 Å². The highest BCUT2D eigenvalue weighted by Gasteiger charge is 2.34. The van der Waals surface area contributed by atoms with E-state index < -0.39 is 0 Å². The number of carbonyl (C=O) groups excluding carboxylic acids is 3. The molecule has 234 valence electrons. The molecule has 3 heterocycles. The number of aryl methyl sites for hydroxylation is 1. The number of carbonyl (C=O) groups is 3. The van der Waals surface area contributed by atoms with Gasteiger partial charge in [-0.15, -0.1) is 0 Å². The SMILES string of the molecule is CCC(=O)OCN(C)C(=O)c1ccc(-n2c(=O)c3c(n4ncc(CC5CC5)c24)CN(C(=O)c2ccc(Br)c(C)c2)C(C)C3)cc1. The van der Waals surface area contributed by atoms with Crippen molar-refractivity contribution in [2.75, 3.05) is 13.8 Å². The highest BCUT2D eigenvalue weighted by atomic mass is 79.9. The van der Waals surface area contributed by atoms with E-state index in [0.717, 1.165) is 40.6 Å². The molecule has 0 radical (unpaired) electrons. The number of ether oxygens (including phenoxy) is 1. The zero-order chi connectivity index (χ0) is 32.0. The average Bonchev–Trinajstić information content (AvgIpc) is 3.78. The van der Waals surface area contributed by atoms with Crippen LogP contribution in [0.2, 0.25) is 0 Å². The average molecular weight is 675 g/mol. The minimum absolute atomic E-state index is 0.0823. The van der Waals surface area contributed by atoms with Crippen LogP contribution in [0.15, 0.2) is 57.9 Å². The molecule has 0 bridgehead atoms. The van der Waals surface area contributed by atoms with Gasteiger partial charge in [0.05, 0.1) is 24.1 Å². The molecule has 1 aliphatic heterocycles. The van der Waals surface area contributed by atoms with Crippen molar-refractivity contribution in [3.8, 4) is 5.69 Å². The smallest absolute Gasteiger partial charge is 0.307 e. The topological polar surface area (TPSA) is 106 Å². The van der Waals surface area contributed by atoms with Crippen molar-refractivity contribution in [1.82, 2.24) is 24.0 Å². The van der Waals surface area contributed by atoms with Gasteiger partial charge in [-0.25, -0.2) is 4.52 Å². The summed E-state index contributed by atoms with van der Waals surface area (Å²) in [5.74, 6) is -0.199. The number of esters is 1. The van der Waals surface area contributed by atoms with E-state index in [1.54, 1.807) is 42.8 Å². The maximum absolute atomic E-state index is 14.3. The van der Waals surface area contributed by atoms with Gasteiger partial charge in [0.25, 0.3) is 17.4 Å². The summed E-state index contributed by atoms with van der Waals surface area (Å²) in [5, 5.41) is 4.78. The Morgan fingerprint density at radius 3 is 2.47 bits per heavy atom. The minimum Gasteiger partial charge on any atom is -0.444 e. The van der Waals surface area contributed by atoms with Gasteiger partial charge in [-0.3, -0.25) is 23.7 Å². The third kappa shape index (κ3) is 5.93. The van der Waals surface area contributed by atoms with E-state index in [1.807, 2.05) is 47.7 Å². The third-order valence-corrected chi connectivity index (χ3v) is 9.63. The molecule has 6 rings (SSSR count). The molecule has 1 fully saturated rings. The van der Waals surface area contributed by atoms with E-state index in [2.05, 4.69) is 15.9 Å². The summed E-state index contributed by atoms with van der Waals surface area (Å²) in [6.07, 6.45) is 5.58. The van der Waals surface area contributed by atoms with Gasteiger partial charge in [-0.2, -0.15) is 5.10 Å². The normalized spacial score (nSPS) is 16.0. The fourth-order valence-electron chi connectivity index (χ4n) is 5.92. The maximum atomic E-state index is 14.3. The molecule has 4 aromatic rings. The fourth-order valence-corrected chi connectivity index (χ4v) is 6.17. The summed E-state index contributed by atoms with van der Waals surface area (Å²) in [7, 11) is 1.57. The number of amides is 2. The first-order valence-electron chi connectivity index (χ1n) is 15.3. The van der Waals surface area contributed by atoms with Gasteiger partial charge in [-0.05, 0) is 93.5 Å². The summed E-state index contributed by atoms with van der Waals surface area (Å²) >= 11 is 3.51. The van der Waals surface area contributed by atoms with E-state index in [0.29, 0.717) is 40.4 Å². The number of hydrogen-bond donors (Lipinski definition) is 0. The van der Waals surface area contributed by atoms with Crippen LogP contribution >= 0.6 is 15.9 Å². The number of nitrogens with zero attached hydrogens (tertiary/aromatic N) is 5. The van der Waals surface area contributed by atoms with Crippen LogP contribution in [0.3, 0.4) is 0 Å². The van der Waals surface area contributed by atoms with Crippen LogP contribution in [0.5, 0.6) is 0 Å². The molecule has 0 N–H and O–H groups in total. The first kappa shape index (κ1) is 30.8. The number of fused-ring (bicyclic) bond motifs is 3. The largest absolute Gasteiger partial charge is 0.444 e. The summed E-state index contributed by atoms with van der Waals surface area (Å²) in [4.78, 5) is 55.7. The number of hydrogen-bond acceptors (Lipinski definition) is 6. The molecule has 2 aromatic carbocycles. The maximum Gasteiger partial charge on any atom is 0.307 e. The molecule has 2 aliphatic rings. The molecule has 10 nitrogen and oxygen atoms in total. The predicted octanol–water partition coefficient (Wildman–Crippen LogP) is 5.08. The molecule has 1 aliphatic carbocycles. The Kier molecular flexibility index (Phi) is 8.39. The Morgan fingerprint density at radius 1 is 1.09 bits per heavy atom. The van der Waals surface area contributed by atoms with E-state index in [1.165, 1.54) is 4.90 Å². The van der Waals surface area contributed by atoms with Gasteiger partial charge in [0, 0.05) is 46.2 Å². The standard InChI is InChI=1S/C34H36BrN5O5/c1-5-30(41)45-19-37(4)32(42)23-8-11-26(12-9-23)39-31-25(16-22-6-7-22)17-36-40(31)29-18-38(21(3)15-27(29)34(39)44)33(43)24-10-13-28(35)20(2)14-24/h8-14,17,21-22H,5-7,15-16,18-19H2,1-4H3. The van der Waals surface area contributed by atoms with Gasteiger partial charge < -0.3 is 14.5 Å². The molecule has 45 heavy (non-hydrogen) atoms. The van der Waals surface area contributed by atoms with Gasteiger partial charge in [0.15, 0.2) is 6.73 Å². The molecule has 0 saturated heterocycles. The van der Waals surface area contributed by atoms with Gasteiger partial charge in [0.2, 0.25) is 0 Å². The Balaban J connectivity index is 1.38. The zero-order valence-electron chi connectivity index (χ0n) is 25.9. The first-order valence-corrected chi connectivity index (χ1v) is 16.1. The van der Waals surface area contributed by atoms with Crippen LogP contribution in [0, 0.1) is 12.8 Å². The van der Waals surface area contributed by atoms with Crippen LogP contribution in [0.4, 0.5) is 0 Å². The highest BCUT2D eigenvalue weighted by molar-refractivity contribution is 9.10.